The molecule has 0 aromatic heterocycles. The Balaban J connectivity index is 1.16. The van der Waals surface area contributed by atoms with E-state index in [2.05, 4.69) is 15.5 Å². The molecular formula is C24H33N3O4. The highest BCUT2D eigenvalue weighted by Gasteiger charge is 2.51. The SMILES string of the molecule is COc1cc2c(cc1OC)CN(CC(=O)NC(=O)NC13CC4CC(CC(C4)C1)C3)CC2. The van der Waals surface area contributed by atoms with E-state index in [9.17, 15) is 9.59 Å². The maximum absolute atomic E-state index is 12.6. The molecule has 0 saturated heterocycles. The van der Waals surface area contributed by atoms with Crippen LogP contribution in [0.25, 0.3) is 0 Å². The Hall–Kier alpha value is -2.28. The van der Waals surface area contributed by atoms with E-state index >= 15 is 0 Å². The van der Waals surface area contributed by atoms with Crippen molar-refractivity contribution in [3.8, 4) is 11.5 Å². The molecule has 3 amide bonds. The molecular weight excluding hydrogens is 394 g/mol. The predicted octanol–water partition coefficient (Wildman–Crippen LogP) is 2.86. The Kier molecular flexibility index (Phi) is 5.32. The van der Waals surface area contributed by atoms with Gasteiger partial charge < -0.3 is 14.8 Å². The van der Waals surface area contributed by atoms with Crippen molar-refractivity contribution >= 4 is 11.9 Å². The molecule has 1 heterocycles. The van der Waals surface area contributed by atoms with Crippen molar-refractivity contribution < 1.29 is 19.1 Å². The number of ether oxygens (including phenoxy) is 2. The number of urea groups is 1. The zero-order valence-corrected chi connectivity index (χ0v) is 18.5. The van der Waals surface area contributed by atoms with Gasteiger partial charge in [0.2, 0.25) is 5.91 Å². The van der Waals surface area contributed by atoms with Crippen molar-refractivity contribution in [2.75, 3.05) is 27.3 Å². The number of hydrogen-bond acceptors (Lipinski definition) is 5. The van der Waals surface area contributed by atoms with E-state index in [-0.39, 0.29) is 24.0 Å². The van der Waals surface area contributed by atoms with E-state index in [1.54, 1.807) is 14.2 Å². The Morgan fingerprint density at radius 2 is 1.58 bits per heavy atom. The summed E-state index contributed by atoms with van der Waals surface area (Å²) in [5, 5.41) is 5.81. The standard InChI is InChI=1S/C24H33N3O4/c1-30-20-8-18-3-4-27(13-19(18)9-21(20)31-2)14-22(28)25-23(29)26-24-10-15-5-16(11-24)7-17(6-15)12-24/h8-9,15-17H,3-7,10-14H2,1-2H3,(H2,25,26,28,29). The van der Waals surface area contributed by atoms with E-state index < -0.39 is 0 Å². The molecule has 4 bridgehead atoms. The molecule has 4 fully saturated rings. The maximum atomic E-state index is 12.6. The highest BCUT2D eigenvalue weighted by Crippen LogP contribution is 2.55. The van der Waals surface area contributed by atoms with Crippen LogP contribution < -0.4 is 20.1 Å². The molecule has 1 aromatic carbocycles. The summed E-state index contributed by atoms with van der Waals surface area (Å²) in [7, 11) is 3.26. The van der Waals surface area contributed by atoms with Crippen molar-refractivity contribution in [2.24, 2.45) is 17.8 Å². The highest BCUT2D eigenvalue weighted by molar-refractivity contribution is 5.95. The Morgan fingerprint density at radius 1 is 1.00 bits per heavy atom. The number of nitrogens with zero attached hydrogens (tertiary/aromatic N) is 1. The minimum atomic E-state index is -0.323. The summed E-state index contributed by atoms with van der Waals surface area (Å²) in [5.74, 6) is 3.45. The largest absolute Gasteiger partial charge is 0.493 e. The number of nitrogens with one attached hydrogen (secondary N) is 2. The van der Waals surface area contributed by atoms with Gasteiger partial charge in [-0.15, -0.1) is 0 Å². The number of hydrogen-bond donors (Lipinski definition) is 2. The Labute approximate surface area is 183 Å². The van der Waals surface area contributed by atoms with E-state index in [1.807, 2.05) is 12.1 Å². The quantitative estimate of drug-likeness (QED) is 0.755. The number of rotatable bonds is 5. The molecule has 4 saturated carbocycles. The summed E-state index contributed by atoms with van der Waals surface area (Å²) in [6.45, 7) is 1.63. The average Bonchev–Trinajstić information content (AvgIpc) is 2.70. The summed E-state index contributed by atoms with van der Waals surface area (Å²) < 4.78 is 10.8. The summed E-state index contributed by atoms with van der Waals surface area (Å²) in [5.41, 5.74) is 2.27. The van der Waals surface area contributed by atoms with Gasteiger partial charge in [0.25, 0.3) is 0 Å². The lowest BCUT2D eigenvalue weighted by atomic mass is 9.53. The third-order valence-electron chi connectivity index (χ3n) is 7.83. The molecule has 7 nitrogen and oxygen atoms in total. The second kappa shape index (κ2) is 8.01. The van der Waals surface area contributed by atoms with E-state index in [0.29, 0.717) is 12.3 Å². The first kappa shape index (κ1) is 20.6. The first-order valence-corrected chi connectivity index (χ1v) is 11.5. The number of benzene rings is 1. The predicted molar refractivity (Wildman–Crippen MR) is 116 cm³/mol. The molecule has 4 aliphatic carbocycles. The van der Waals surface area contributed by atoms with Gasteiger partial charge in [-0.25, -0.2) is 4.79 Å². The first-order valence-electron chi connectivity index (χ1n) is 11.5. The third kappa shape index (κ3) is 4.12. The number of carbonyl (C=O) groups is 2. The van der Waals surface area contributed by atoms with Crippen LogP contribution in [0.1, 0.15) is 49.7 Å². The lowest BCUT2D eigenvalue weighted by Crippen LogP contribution is -2.62. The van der Waals surface area contributed by atoms with Gasteiger partial charge in [-0.05, 0) is 86.0 Å². The van der Waals surface area contributed by atoms with Gasteiger partial charge in [0, 0.05) is 18.6 Å². The molecule has 168 valence electrons. The number of amides is 3. The molecule has 5 aliphatic rings. The molecule has 1 aromatic rings. The van der Waals surface area contributed by atoms with Gasteiger partial charge in [0.1, 0.15) is 0 Å². The van der Waals surface area contributed by atoms with Gasteiger partial charge in [0.15, 0.2) is 11.5 Å². The van der Waals surface area contributed by atoms with Gasteiger partial charge in [-0.2, -0.15) is 0 Å². The van der Waals surface area contributed by atoms with Crippen LogP contribution in [0.5, 0.6) is 11.5 Å². The van der Waals surface area contributed by atoms with Crippen LogP contribution in [-0.2, 0) is 17.8 Å². The molecule has 31 heavy (non-hydrogen) atoms. The fourth-order valence-corrected chi connectivity index (χ4v) is 6.98. The number of methoxy groups -OCH3 is 2. The van der Waals surface area contributed by atoms with Crippen LogP contribution in [-0.4, -0.2) is 49.7 Å². The van der Waals surface area contributed by atoms with Crippen LogP contribution in [0.15, 0.2) is 12.1 Å². The van der Waals surface area contributed by atoms with Gasteiger partial charge in [0.05, 0.1) is 20.8 Å². The van der Waals surface area contributed by atoms with Crippen LogP contribution in [0, 0.1) is 17.8 Å². The smallest absolute Gasteiger partial charge is 0.321 e. The van der Waals surface area contributed by atoms with Crippen LogP contribution in [0.3, 0.4) is 0 Å². The molecule has 7 heteroatoms. The van der Waals surface area contributed by atoms with Crippen molar-refractivity contribution in [1.29, 1.82) is 0 Å². The van der Waals surface area contributed by atoms with Crippen LogP contribution in [0.4, 0.5) is 4.79 Å². The van der Waals surface area contributed by atoms with Crippen LogP contribution in [0.2, 0.25) is 0 Å². The Bertz CT molecular complexity index is 849. The second-order valence-electron chi connectivity index (χ2n) is 10.1. The van der Waals surface area contributed by atoms with Crippen molar-refractivity contribution in [3.63, 3.8) is 0 Å². The minimum Gasteiger partial charge on any atom is -0.493 e. The van der Waals surface area contributed by atoms with Gasteiger partial charge in [-0.1, -0.05) is 0 Å². The Morgan fingerprint density at radius 3 is 2.16 bits per heavy atom. The van der Waals surface area contributed by atoms with Crippen molar-refractivity contribution in [2.45, 2.75) is 57.0 Å². The first-order chi connectivity index (χ1) is 14.9. The lowest BCUT2D eigenvalue weighted by Gasteiger charge is -2.56. The zero-order valence-electron chi connectivity index (χ0n) is 18.5. The molecule has 0 atom stereocenters. The van der Waals surface area contributed by atoms with Crippen molar-refractivity contribution in [3.05, 3.63) is 23.3 Å². The van der Waals surface area contributed by atoms with E-state index in [4.69, 9.17) is 9.47 Å². The molecule has 2 N–H and O–H groups in total. The maximum Gasteiger partial charge on any atom is 0.321 e. The molecule has 1 aliphatic heterocycles. The fraction of sp³-hybridized carbons (Fsp3) is 0.667. The molecule has 0 radical (unpaired) electrons. The zero-order chi connectivity index (χ0) is 21.6. The number of imide groups is 1. The second-order valence-corrected chi connectivity index (χ2v) is 10.1. The highest BCUT2D eigenvalue weighted by atomic mass is 16.5. The van der Waals surface area contributed by atoms with E-state index in [1.165, 1.54) is 24.8 Å². The summed E-state index contributed by atoms with van der Waals surface area (Å²) in [6.07, 6.45) is 8.05. The van der Waals surface area contributed by atoms with Gasteiger partial charge >= 0.3 is 6.03 Å². The van der Waals surface area contributed by atoms with E-state index in [0.717, 1.165) is 61.3 Å². The van der Waals surface area contributed by atoms with Gasteiger partial charge in [-0.3, -0.25) is 15.0 Å². The summed E-state index contributed by atoms with van der Waals surface area (Å²) in [4.78, 5) is 27.3. The molecule has 0 spiro atoms. The summed E-state index contributed by atoms with van der Waals surface area (Å²) >= 11 is 0. The monoisotopic (exact) mass is 427 g/mol. The third-order valence-corrected chi connectivity index (χ3v) is 7.83. The fourth-order valence-electron chi connectivity index (χ4n) is 6.98. The number of carbonyl (C=O) groups excluding carboxylic acids is 2. The van der Waals surface area contributed by atoms with Crippen LogP contribution >= 0.6 is 0 Å². The normalized spacial score (nSPS) is 31.1. The number of fused-ring (bicyclic) bond motifs is 1. The molecule has 0 unspecified atom stereocenters. The summed E-state index contributed by atoms with van der Waals surface area (Å²) in [6, 6.07) is 3.68. The average molecular weight is 428 g/mol. The minimum absolute atomic E-state index is 0.0845. The lowest BCUT2D eigenvalue weighted by molar-refractivity contribution is -0.121. The molecule has 6 rings (SSSR count). The topological polar surface area (TPSA) is 79.9 Å². The van der Waals surface area contributed by atoms with Crippen molar-refractivity contribution in [1.82, 2.24) is 15.5 Å².